The number of amides is 1. The molecule has 4 nitrogen and oxygen atoms in total. The molecule has 0 aliphatic heterocycles. The molecule has 3 N–H and O–H groups in total. The fraction of sp³-hybridized carbons (Fsp3) is 0.588. The molecule has 0 radical (unpaired) electrons. The second-order valence-corrected chi connectivity index (χ2v) is 5.83. The fourth-order valence-corrected chi connectivity index (χ4v) is 2.32. The van der Waals surface area contributed by atoms with Crippen LogP contribution in [0.25, 0.3) is 0 Å². The van der Waals surface area contributed by atoms with Gasteiger partial charge in [-0.25, -0.2) is 0 Å². The van der Waals surface area contributed by atoms with Crippen LogP contribution in [0.1, 0.15) is 41.0 Å². The Morgan fingerprint density at radius 1 is 1.19 bits per heavy atom. The molecule has 4 heteroatoms. The number of nitrogens with zero attached hydrogens (tertiary/aromatic N) is 1. The highest BCUT2D eigenvalue weighted by atomic mass is 16.2. The summed E-state index contributed by atoms with van der Waals surface area (Å²) >= 11 is 0. The Hall–Kier alpha value is -1.55. The second-order valence-electron chi connectivity index (χ2n) is 5.83. The van der Waals surface area contributed by atoms with Gasteiger partial charge < -0.3 is 16.0 Å². The minimum Gasteiger partial charge on any atom is -0.369 e. The van der Waals surface area contributed by atoms with E-state index in [-0.39, 0.29) is 11.8 Å². The van der Waals surface area contributed by atoms with Gasteiger partial charge in [-0.05, 0) is 51.0 Å². The molecule has 0 aliphatic carbocycles. The molecule has 0 aliphatic rings. The van der Waals surface area contributed by atoms with Crippen LogP contribution >= 0.6 is 0 Å². The molecule has 0 heterocycles. The lowest BCUT2D eigenvalue weighted by atomic mass is 9.99. The zero-order valence-corrected chi connectivity index (χ0v) is 13.9. The number of anilines is 2. The molecule has 1 aromatic carbocycles. The number of hydrogen-bond acceptors (Lipinski definition) is 3. The van der Waals surface area contributed by atoms with E-state index in [0.717, 1.165) is 24.3 Å². The molecule has 1 unspecified atom stereocenters. The third kappa shape index (κ3) is 4.74. The number of carbonyl (C=O) groups excluding carboxylic acids is 1. The number of nitrogens with two attached hydrogens (primary N) is 1. The van der Waals surface area contributed by atoms with E-state index in [1.165, 1.54) is 0 Å². The van der Waals surface area contributed by atoms with Crippen molar-refractivity contribution < 1.29 is 4.79 Å². The Kier molecular flexibility index (Phi) is 6.69. The predicted molar refractivity (Wildman–Crippen MR) is 90.7 cm³/mol. The Bertz CT molecular complexity index is 442. The molecule has 2 atom stereocenters. The normalized spacial score (nSPS) is 13.9. The average molecular weight is 291 g/mol. The van der Waals surface area contributed by atoms with E-state index in [1.807, 2.05) is 38.1 Å². The number of carbonyl (C=O) groups is 1. The maximum absolute atomic E-state index is 12.0. The topological polar surface area (TPSA) is 58.4 Å². The van der Waals surface area contributed by atoms with Crippen LogP contribution in [-0.2, 0) is 4.79 Å². The largest absolute Gasteiger partial charge is 0.369 e. The van der Waals surface area contributed by atoms with Crippen LogP contribution in [0.3, 0.4) is 0 Å². The van der Waals surface area contributed by atoms with E-state index in [9.17, 15) is 4.79 Å². The molecule has 1 amide bonds. The van der Waals surface area contributed by atoms with E-state index in [2.05, 4.69) is 31.0 Å². The molecule has 0 saturated carbocycles. The van der Waals surface area contributed by atoms with Crippen LogP contribution in [0.4, 0.5) is 11.4 Å². The SMILES string of the molecule is CCC(C)[C@H](N)C(=O)Nc1ccc(N(CC)C(C)C)cc1. The molecule has 1 aromatic rings. The van der Waals surface area contributed by atoms with Crippen molar-refractivity contribution in [2.24, 2.45) is 11.7 Å². The van der Waals surface area contributed by atoms with E-state index in [4.69, 9.17) is 5.73 Å². The Morgan fingerprint density at radius 2 is 1.76 bits per heavy atom. The van der Waals surface area contributed by atoms with Gasteiger partial charge in [-0.2, -0.15) is 0 Å². The van der Waals surface area contributed by atoms with Crippen LogP contribution in [0.5, 0.6) is 0 Å². The summed E-state index contributed by atoms with van der Waals surface area (Å²) < 4.78 is 0. The van der Waals surface area contributed by atoms with E-state index < -0.39 is 6.04 Å². The van der Waals surface area contributed by atoms with Crippen LogP contribution in [0.2, 0.25) is 0 Å². The Labute approximate surface area is 128 Å². The van der Waals surface area contributed by atoms with E-state index in [0.29, 0.717) is 6.04 Å². The van der Waals surface area contributed by atoms with Gasteiger partial charge in [0.15, 0.2) is 0 Å². The monoisotopic (exact) mass is 291 g/mol. The maximum Gasteiger partial charge on any atom is 0.241 e. The highest BCUT2D eigenvalue weighted by Gasteiger charge is 2.19. The van der Waals surface area contributed by atoms with Crippen LogP contribution in [-0.4, -0.2) is 24.5 Å². The molecule has 0 bridgehead atoms. The molecule has 0 fully saturated rings. The van der Waals surface area contributed by atoms with Crippen molar-refractivity contribution in [1.29, 1.82) is 0 Å². The second kappa shape index (κ2) is 8.03. The maximum atomic E-state index is 12.0. The van der Waals surface area contributed by atoms with E-state index >= 15 is 0 Å². The van der Waals surface area contributed by atoms with Gasteiger partial charge in [0.1, 0.15) is 0 Å². The molecule has 118 valence electrons. The molecule has 0 aromatic heterocycles. The summed E-state index contributed by atoms with van der Waals surface area (Å²) in [5.41, 5.74) is 7.90. The molecule has 21 heavy (non-hydrogen) atoms. The van der Waals surface area contributed by atoms with Gasteiger partial charge in [-0.3, -0.25) is 4.79 Å². The predicted octanol–water partition coefficient (Wildman–Crippen LogP) is 3.23. The summed E-state index contributed by atoms with van der Waals surface area (Å²) in [7, 11) is 0. The zero-order valence-electron chi connectivity index (χ0n) is 13.9. The first kappa shape index (κ1) is 17.5. The van der Waals surface area contributed by atoms with Gasteiger partial charge in [0, 0.05) is 24.0 Å². The first-order valence-electron chi connectivity index (χ1n) is 7.83. The number of hydrogen-bond donors (Lipinski definition) is 2. The van der Waals surface area contributed by atoms with Crippen molar-refractivity contribution in [1.82, 2.24) is 0 Å². The summed E-state index contributed by atoms with van der Waals surface area (Å²) in [5, 5.41) is 2.89. The van der Waals surface area contributed by atoms with Crippen molar-refractivity contribution in [3.63, 3.8) is 0 Å². The third-order valence-corrected chi connectivity index (χ3v) is 3.99. The summed E-state index contributed by atoms with van der Waals surface area (Å²) in [6, 6.07) is 7.93. The first-order chi connectivity index (χ1) is 9.90. The number of benzene rings is 1. The molecular weight excluding hydrogens is 262 g/mol. The van der Waals surface area contributed by atoms with Crippen LogP contribution in [0.15, 0.2) is 24.3 Å². The van der Waals surface area contributed by atoms with Gasteiger partial charge >= 0.3 is 0 Å². The quantitative estimate of drug-likeness (QED) is 0.811. The minimum atomic E-state index is -0.461. The highest BCUT2D eigenvalue weighted by Crippen LogP contribution is 2.20. The lowest BCUT2D eigenvalue weighted by Crippen LogP contribution is -2.40. The van der Waals surface area contributed by atoms with Crippen LogP contribution < -0.4 is 16.0 Å². The summed E-state index contributed by atoms with van der Waals surface area (Å²) in [5.74, 6) is 0.0640. The summed E-state index contributed by atoms with van der Waals surface area (Å²) in [4.78, 5) is 14.4. The molecular formula is C17H29N3O. The molecule has 0 spiro atoms. The summed E-state index contributed by atoms with van der Waals surface area (Å²) in [6.45, 7) is 11.5. The fourth-order valence-electron chi connectivity index (χ4n) is 2.32. The van der Waals surface area contributed by atoms with Crippen molar-refractivity contribution in [2.45, 2.75) is 53.1 Å². The van der Waals surface area contributed by atoms with Gasteiger partial charge in [-0.15, -0.1) is 0 Å². The van der Waals surface area contributed by atoms with Gasteiger partial charge in [0.05, 0.1) is 6.04 Å². The standard InChI is InChI=1S/C17H29N3O/c1-6-13(5)16(18)17(21)19-14-8-10-15(11-9-14)20(7-2)12(3)4/h8-13,16H,6-7,18H2,1-5H3,(H,19,21)/t13?,16-/m0/s1. The van der Waals surface area contributed by atoms with E-state index in [1.54, 1.807) is 0 Å². The number of nitrogens with one attached hydrogen (secondary N) is 1. The smallest absolute Gasteiger partial charge is 0.241 e. The van der Waals surface area contributed by atoms with Crippen molar-refractivity contribution >= 4 is 17.3 Å². The number of rotatable bonds is 7. The zero-order chi connectivity index (χ0) is 16.0. The Balaban J connectivity index is 2.73. The minimum absolute atomic E-state index is 0.117. The lowest BCUT2D eigenvalue weighted by molar-refractivity contribution is -0.118. The van der Waals surface area contributed by atoms with Crippen LogP contribution in [0, 0.1) is 5.92 Å². The van der Waals surface area contributed by atoms with Gasteiger partial charge in [0.2, 0.25) is 5.91 Å². The van der Waals surface area contributed by atoms with Crippen molar-refractivity contribution in [3.05, 3.63) is 24.3 Å². The van der Waals surface area contributed by atoms with Gasteiger partial charge in [-0.1, -0.05) is 20.3 Å². The highest BCUT2D eigenvalue weighted by molar-refractivity contribution is 5.95. The third-order valence-electron chi connectivity index (χ3n) is 3.99. The molecule has 0 saturated heterocycles. The summed E-state index contributed by atoms with van der Waals surface area (Å²) in [6.07, 6.45) is 0.896. The average Bonchev–Trinajstić information content (AvgIpc) is 2.47. The molecule has 1 rings (SSSR count). The van der Waals surface area contributed by atoms with Crippen molar-refractivity contribution in [3.8, 4) is 0 Å². The van der Waals surface area contributed by atoms with Crippen molar-refractivity contribution in [2.75, 3.05) is 16.8 Å². The first-order valence-corrected chi connectivity index (χ1v) is 7.83. The lowest BCUT2D eigenvalue weighted by Gasteiger charge is -2.27. The Morgan fingerprint density at radius 3 is 2.19 bits per heavy atom. The van der Waals surface area contributed by atoms with Gasteiger partial charge in [0.25, 0.3) is 0 Å².